The van der Waals surface area contributed by atoms with Gasteiger partial charge in [0, 0.05) is 237 Å². The maximum Gasteiger partial charge on any atom is 0.223 e. The van der Waals surface area contributed by atoms with Crippen LogP contribution < -0.4 is 37.1 Å². The first kappa shape index (κ1) is 132. The van der Waals surface area contributed by atoms with Gasteiger partial charge < -0.3 is 130 Å². The third-order valence-corrected chi connectivity index (χ3v) is 22.7. The number of likely N-dealkylation sites (N-methyl/N-ethyl adjacent to an activating group) is 11. The van der Waals surface area contributed by atoms with E-state index in [0.29, 0.717) is 25.0 Å². The van der Waals surface area contributed by atoms with Gasteiger partial charge in [-0.25, -0.2) is 0 Å². The Balaban J connectivity index is -0.000000305. The van der Waals surface area contributed by atoms with Crippen molar-refractivity contribution in [3.8, 4) is 5.75 Å². The van der Waals surface area contributed by atoms with Crippen LogP contribution in [0.2, 0.25) is 0 Å². The van der Waals surface area contributed by atoms with E-state index in [2.05, 4.69) is 265 Å². The Kier molecular flexibility index (Phi) is 92.7. The summed E-state index contributed by atoms with van der Waals surface area (Å²) in [6.07, 6.45) is 15.1. The molecule has 1 aromatic rings. The summed E-state index contributed by atoms with van der Waals surface area (Å²) in [5, 5.41) is 19.3. The third-order valence-electron chi connectivity index (χ3n) is 22.7. The number of nitrogens with two attached hydrogens (primary N) is 1. The Hall–Kier alpha value is -3.99. The van der Waals surface area contributed by atoms with Gasteiger partial charge in [-0.05, 0) is 257 Å². The minimum atomic E-state index is -0.333. The first-order valence-electron chi connectivity index (χ1n) is 47.0. The molecule has 9 heterocycles. The van der Waals surface area contributed by atoms with Gasteiger partial charge in [0.15, 0.2) is 5.75 Å². The predicted octanol–water partition coefficient (Wildman–Crippen LogP) is 3.58. The number of primary amides is 1. The monoisotopic (exact) mass is 1790 g/mol. The number of methoxy groups -OCH3 is 3. The van der Waals surface area contributed by atoms with E-state index in [1.807, 2.05) is 40.1 Å². The molecule has 1 aromatic heterocycles. The fourth-order valence-electron chi connectivity index (χ4n) is 13.2. The molecular formula is C92H209N25O8. The molecule has 750 valence electrons. The minimum absolute atomic E-state index is 0.171. The number of carbonyl (C=O) groups excluding carboxylic acids is 4. The van der Waals surface area contributed by atoms with E-state index in [0.717, 1.165) is 134 Å². The van der Waals surface area contributed by atoms with E-state index in [-0.39, 0.29) is 23.6 Å². The number of ether oxygens (including phenoxy) is 4. The summed E-state index contributed by atoms with van der Waals surface area (Å²) in [7, 11) is 55.3. The number of nitrogens with one attached hydrogen (secondary N) is 5. The Labute approximate surface area is 771 Å². The van der Waals surface area contributed by atoms with E-state index in [4.69, 9.17) is 14.2 Å². The lowest BCUT2D eigenvalue weighted by molar-refractivity contribution is -0.130. The van der Waals surface area contributed by atoms with Crippen LogP contribution in [0.5, 0.6) is 5.75 Å². The van der Waals surface area contributed by atoms with Crippen LogP contribution in [-0.2, 0) is 40.4 Å². The Morgan fingerprint density at radius 2 is 0.792 bits per heavy atom. The Morgan fingerprint density at radius 1 is 0.448 bits per heavy atom. The van der Waals surface area contributed by atoms with E-state index in [9.17, 15) is 19.2 Å². The molecule has 125 heavy (non-hydrogen) atoms. The van der Waals surface area contributed by atoms with Crippen LogP contribution in [0, 0.1) is 0 Å². The molecule has 0 spiro atoms. The van der Waals surface area contributed by atoms with Gasteiger partial charge in [0.05, 0.1) is 38.8 Å². The van der Waals surface area contributed by atoms with Gasteiger partial charge in [-0.3, -0.25) is 28.8 Å². The second-order valence-electron chi connectivity index (χ2n) is 34.8. The molecule has 8 saturated heterocycles. The highest BCUT2D eigenvalue weighted by Crippen LogP contribution is 2.17. The Morgan fingerprint density at radius 3 is 1.05 bits per heavy atom. The molecule has 0 aliphatic carbocycles. The average molecular weight is 1790 g/mol. The summed E-state index contributed by atoms with van der Waals surface area (Å²) in [4.78, 5) is 79.8. The lowest BCUT2D eigenvalue weighted by atomic mass is 10.0. The van der Waals surface area contributed by atoms with Crippen molar-refractivity contribution in [2.45, 2.75) is 169 Å². The second-order valence-corrected chi connectivity index (χ2v) is 34.8. The lowest BCUT2D eigenvalue weighted by Crippen LogP contribution is -2.57. The van der Waals surface area contributed by atoms with Gasteiger partial charge in [0.25, 0.3) is 0 Å². The van der Waals surface area contributed by atoms with Gasteiger partial charge in [0.1, 0.15) is 0 Å². The quantitative estimate of drug-likeness (QED) is 0.0735. The van der Waals surface area contributed by atoms with Crippen LogP contribution in [0.25, 0.3) is 0 Å². The van der Waals surface area contributed by atoms with Crippen LogP contribution in [-0.4, -0.2) is 553 Å². The topological polar surface area (TPSA) is 264 Å². The molecular weight excluding hydrogens is 1580 g/mol. The highest BCUT2D eigenvalue weighted by Gasteiger charge is 2.28. The van der Waals surface area contributed by atoms with E-state index in [1.165, 1.54) is 163 Å². The van der Waals surface area contributed by atoms with Crippen LogP contribution in [0.1, 0.15) is 127 Å². The van der Waals surface area contributed by atoms with Crippen LogP contribution in [0.15, 0.2) is 12.4 Å². The number of rotatable bonds is 27. The number of hydrogen-bond acceptors (Lipinski definition) is 28. The lowest BCUT2D eigenvalue weighted by Gasteiger charge is -2.42. The molecule has 8 fully saturated rings. The molecule has 8 aliphatic rings. The smallest absolute Gasteiger partial charge is 0.223 e. The van der Waals surface area contributed by atoms with Crippen LogP contribution in [0.3, 0.4) is 0 Å². The van der Waals surface area contributed by atoms with Gasteiger partial charge in [-0.15, -0.1) is 0 Å². The van der Waals surface area contributed by atoms with Crippen molar-refractivity contribution in [2.24, 2.45) is 12.8 Å². The molecule has 0 aromatic carbocycles. The number of likely N-dealkylation sites (tertiary alicyclic amines) is 7. The highest BCUT2D eigenvalue weighted by molar-refractivity contribution is 5.76. The zero-order chi connectivity index (χ0) is 96.8. The van der Waals surface area contributed by atoms with Crippen molar-refractivity contribution in [3.63, 3.8) is 0 Å². The summed E-state index contributed by atoms with van der Waals surface area (Å²) in [5.41, 5.74) is 4.47. The molecule has 8 aliphatic heterocycles. The van der Waals surface area contributed by atoms with E-state index in [1.54, 1.807) is 90.4 Å². The Bertz CT molecular complexity index is 2380. The van der Waals surface area contributed by atoms with Gasteiger partial charge in [0.2, 0.25) is 23.6 Å². The zero-order valence-electron chi connectivity index (χ0n) is 88.5. The molecule has 33 nitrogen and oxygen atoms in total. The first-order chi connectivity index (χ1) is 59.1. The summed E-state index contributed by atoms with van der Waals surface area (Å²) >= 11 is 0. The number of aryl methyl sites for hydroxylation is 1. The van der Waals surface area contributed by atoms with Crippen LogP contribution in [0.4, 0.5) is 0 Å². The summed E-state index contributed by atoms with van der Waals surface area (Å²) in [6.45, 7) is 53.8. The third kappa shape index (κ3) is 80.6. The summed E-state index contributed by atoms with van der Waals surface area (Å²) < 4.78 is 21.1. The van der Waals surface area contributed by atoms with Gasteiger partial charge >= 0.3 is 0 Å². The molecule has 0 unspecified atom stereocenters. The molecule has 0 atom stereocenters. The molecule has 0 bridgehead atoms. The van der Waals surface area contributed by atoms with Gasteiger partial charge in [-0.1, -0.05) is 48.5 Å². The van der Waals surface area contributed by atoms with Crippen molar-refractivity contribution >= 4 is 23.6 Å². The van der Waals surface area contributed by atoms with E-state index < -0.39 is 0 Å². The number of hydrogen-bond donors (Lipinski definition) is 6. The highest BCUT2D eigenvalue weighted by atomic mass is 16.5. The molecule has 33 heteroatoms. The molecule has 9 rings (SSSR count). The molecule has 7 N–H and O–H groups in total. The van der Waals surface area contributed by atoms with Crippen molar-refractivity contribution in [1.29, 1.82) is 0 Å². The van der Waals surface area contributed by atoms with E-state index >= 15 is 0 Å². The van der Waals surface area contributed by atoms with Crippen molar-refractivity contribution in [1.82, 2.24) is 120 Å². The minimum Gasteiger partial charge on any atom is -0.493 e. The predicted molar refractivity (Wildman–Crippen MR) is 533 cm³/mol. The average Bonchev–Trinajstić information content (AvgIpc) is 1.28. The number of nitrogens with zero attached hydrogens (tertiary/aromatic N) is 19. The zero-order valence-corrected chi connectivity index (χ0v) is 88.5. The molecule has 0 saturated carbocycles. The maximum atomic E-state index is 10.9. The standard InChI is InChI=1S/C10H22N2.C8H16N2O.C8H18N2.2C7H16N2.C7H18N2.C7H15NO.2C6H14N2O.C6H14N2.C6H16N2.C5H8N2O.C5H11NO.C2H5NO.C2H6O/c1-4-12(5-2)10-6-8-11(3)9-7-10;1-7(11)10-5-3-8(9-2)4-6-10;1-4-10(5-2)8-6-9(3)7-8;1-8-7-3-5-9(2)6-4-7;1-4-9(3)7-5-8(2)6-7;1-4-9(5-2)7-6-8-3;1-8-5-3-7(9-2)4-6-8;2*1-7-5-4-6(9)8(2)3;1-7(2)6-4-8(3)5-6;1-7(2)5-6-8(3)4;1-7-4-5(8-2)3-6-7;1-6-2-4-7-5-3-6;1-2(3)4;1-3-2/h10H,4-9H2,1-3H3;8-9H,3-6H2,1-2H3;8H,4-7H2,1-3H3;7-8H,3-6H2,1-2H3;7H,4-6H2,1-3H3;8H,4-7H2,1-3H3;7H,3-6H2,1-2H3;2*7H,4-5H2,1-3H3;6H,4-5H2,1-3H3;5-6H2,1-4H3;3-4H,1-2H3;2-5H2,1H3;1H3,(H2,3,4);1-2H3. The number of morpholine rings is 1. The maximum absolute atomic E-state index is 10.9. The van der Waals surface area contributed by atoms with Crippen LogP contribution >= 0.6 is 0 Å². The molecule has 4 amide bonds. The summed E-state index contributed by atoms with van der Waals surface area (Å²) in [6, 6.07) is 4.75. The second kappa shape index (κ2) is 88.0. The number of carbonyl (C=O) groups is 4. The SMILES string of the molecule is CC(N)=O.CCN(C)C1CN(C)C1.CCN(CC)C1CCN(C)CC1.CCN(CC)C1CN(C)C1.CCN(CC)CCNC.CN(C)CCN(C)C.CN1CC(N(C)C)C1.CN1CCOCC1.CNC1CCN(C(C)=O)CC1.CNC1CCN(C)CC1.CNCCC(=O)N(C)C.CNCCC(=O)N(C)C.COC.COC1CCN(C)CC1.COc1cnn(C)c1. The fraction of sp³-hybridized carbons (Fsp3) is 0.924. The van der Waals surface area contributed by atoms with Gasteiger partial charge in [-0.2, -0.15) is 5.10 Å². The van der Waals surface area contributed by atoms with Crippen molar-refractivity contribution in [2.75, 3.05) is 394 Å². The molecule has 0 radical (unpaired) electrons. The normalized spacial score (nSPS) is 17.5. The van der Waals surface area contributed by atoms with Crippen molar-refractivity contribution < 1.29 is 38.1 Å². The first-order valence-corrected chi connectivity index (χ1v) is 47.0. The summed E-state index contributed by atoms with van der Waals surface area (Å²) in [5.74, 6) is 1.01. The number of aromatic nitrogens is 2. The fourth-order valence-corrected chi connectivity index (χ4v) is 13.2. The number of piperidine rings is 4. The largest absolute Gasteiger partial charge is 0.493 e. The van der Waals surface area contributed by atoms with Crippen molar-refractivity contribution in [3.05, 3.63) is 12.4 Å². The number of amides is 4.